The molecule has 0 N–H and O–H groups in total. The zero-order valence-electron chi connectivity index (χ0n) is 8.96. The van der Waals surface area contributed by atoms with Gasteiger partial charge < -0.3 is 17.1 Å². The molecular weight excluding hydrogens is 220 g/mol. The lowest BCUT2D eigenvalue weighted by atomic mass is 10.9. The molecule has 0 heterocycles. The van der Waals surface area contributed by atoms with Crippen LogP contribution in [-0.4, -0.2) is 41.8 Å². The SMILES string of the molecule is CCO[Si](OCC)(O[SiH2]C)O[SiH2]C. The van der Waals surface area contributed by atoms with E-state index in [9.17, 15) is 0 Å². The first kappa shape index (κ1) is 13.5. The molecule has 0 aliphatic heterocycles. The summed E-state index contributed by atoms with van der Waals surface area (Å²) in [5.41, 5.74) is 0. The Labute approximate surface area is 86.3 Å². The fourth-order valence-electron chi connectivity index (χ4n) is 0.957. The molecule has 4 nitrogen and oxygen atoms in total. The van der Waals surface area contributed by atoms with Gasteiger partial charge in [0.2, 0.25) is 0 Å². The van der Waals surface area contributed by atoms with Gasteiger partial charge in [-0.3, -0.25) is 0 Å². The maximum Gasteiger partial charge on any atom is 0.657 e. The molecule has 0 aliphatic carbocycles. The highest BCUT2D eigenvalue weighted by Gasteiger charge is 2.42. The quantitative estimate of drug-likeness (QED) is 0.550. The molecule has 0 rings (SSSR count). The highest BCUT2D eigenvalue weighted by atomic mass is 28.5. The van der Waals surface area contributed by atoms with Gasteiger partial charge in [-0.1, -0.05) is 13.1 Å². The van der Waals surface area contributed by atoms with Crippen LogP contribution in [0.15, 0.2) is 0 Å². The van der Waals surface area contributed by atoms with Gasteiger partial charge in [-0.2, -0.15) is 0 Å². The summed E-state index contributed by atoms with van der Waals surface area (Å²) in [6.45, 7) is 9.16. The Balaban J connectivity index is 4.19. The van der Waals surface area contributed by atoms with Gasteiger partial charge in [0.25, 0.3) is 0 Å². The van der Waals surface area contributed by atoms with E-state index in [1.807, 2.05) is 13.8 Å². The Kier molecular flexibility index (Phi) is 8.15. The summed E-state index contributed by atoms with van der Waals surface area (Å²) in [6, 6.07) is 0. The minimum atomic E-state index is -2.67. The zero-order valence-corrected chi connectivity index (χ0v) is 12.8. The van der Waals surface area contributed by atoms with Crippen LogP contribution in [0.3, 0.4) is 0 Å². The molecule has 0 fully saturated rings. The van der Waals surface area contributed by atoms with Gasteiger partial charge in [-0.15, -0.1) is 0 Å². The van der Waals surface area contributed by atoms with Gasteiger partial charge in [0.1, 0.15) is 0 Å². The van der Waals surface area contributed by atoms with E-state index in [1.165, 1.54) is 0 Å². The van der Waals surface area contributed by atoms with Gasteiger partial charge in [0, 0.05) is 13.2 Å². The maximum atomic E-state index is 5.60. The van der Waals surface area contributed by atoms with E-state index < -0.39 is 28.6 Å². The van der Waals surface area contributed by atoms with E-state index in [4.69, 9.17) is 17.1 Å². The summed E-state index contributed by atoms with van der Waals surface area (Å²) >= 11 is 0. The molecule has 13 heavy (non-hydrogen) atoms. The normalized spacial score (nSPS) is 13.8. The van der Waals surface area contributed by atoms with Crippen LogP contribution in [0.1, 0.15) is 13.8 Å². The number of rotatable bonds is 8. The standard InChI is InChI=1S/C6H20O4Si3/c1-5-7-13(8-6-2,9-11-3)10-12-4/h5-6,11-12H2,1-4H3. The average molecular weight is 240 g/mol. The largest absolute Gasteiger partial charge is 0.657 e. The van der Waals surface area contributed by atoms with Crippen molar-refractivity contribution in [3.05, 3.63) is 0 Å². The van der Waals surface area contributed by atoms with E-state index in [0.29, 0.717) is 13.2 Å². The van der Waals surface area contributed by atoms with Gasteiger partial charge >= 0.3 is 9.05 Å². The fourth-order valence-corrected chi connectivity index (χ4v) is 6.99. The van der Waals surface area contributed by atoms with E-state index in [0.717, 1.165) is 0 Å². The molecule has 0 atom stereocenters. The minimum Gasteiger partial charge on any atom is -0.400 e. The third kappa shape index (κ3) is 5.05. The molecule has 0 aromatic carbocycles. The molecule has 0 unspecified atom stereocenters. The van der Waals surface area contributed by atoms with Crippen molar-refractivity contribution in [2.75, 3.05) is 13.2 Å². The van der Waals surface area contributed by atoms with Gasteiger partial charge in [-0.05, 0) is 13.8 Å². The second-order valence-corrected chi connectivity index (χ2v) is 7.27. The highest BCUT2D eigenvalue weighted by molar-refractivity contribution is 6.64. The van der Waals surface area contributed by atoms with Crippen molar-refractivity contribution >= 4 is 28.6 Å². The lowest BCUT2D eigenvalue weighted by Gasteiger charge is -2.27. The molecule has 0 spiro atoms. The summed E-state index contributed by atoms with van der Waals surface area (Å²) < 4.78 is 22.2. The maximum absolute atomic E-state index is 5.60. The molecule has 0 bridgehead atoms. The molecule has 0 saturated heterocycles. The van der Waals surface area contributed by atoms with Crippen molar-refractivity contribution in [2.24, 2.45) is 0 Å². The molecule has 80 valence electrons. The fraction of sp³-hybridized carbons (Fsp3) is 1.00. The van der Waals surface area contributed by atoms with Crippen molar-refractivity contribution in [3.8, 4) is 0 Å². The van der Waals surface area contributed by atoms with E-state index >= 15 is 0 Å². The Morgan fingerprint density at radius 3 is 1.54 bits per heavy atom. The average Bonchev–Trinajstić information content (AvgIpc) is 2.06. The Hall–Kier alpha value is 0.491. The summed E-state index contributed by atoms with van der Waals surface area (Å²) in [4.78, 5) is 0. The number of hydrogen-bond acceptors (Lipinski definition) is 4. The van der Waals surface area contributed by atoms with Crippen molar-refractivity contribution in [1.82, 2.24) is 0 Å². The topological polar surface area (TPSA) is 36.9 Å². The van der Waals surface area contributed by atoms with Gasteiger partial charge in [0.15, 0.2) is 19.5 Å². The van der Waals surface area contributed by atoms with Crippen molar-refractivity contribution < 1.29 is 17.1 Å². The van der Waals surface area contributed by atoms with Crippen LogP contribution in [-0.2, 0) is 17.1 Å². The first-order valence-electron chi connectivity index (χ1n) is 4.80. The molecule has 0 saturated carbocycles. The third-order valence-corrected chi connectivity index (χ3v) is 7.71. The Morgan fingerprint density at radius 2 is 1.31 bits per heavy atom. The lowest BCUT2D eigenvalue weighted by Crippen LogP contribution is -2.50. The second kappa shape index (κ2) is 7.85. The van der Waals surface area contributed by atoms with Crippen LogP contribution >= 0.6 is 0 Å². The minimum absolute atomic E-state index is 0.542. The van der Waals surface area contributed by atoms with Gasteiger partial charge in [0.05, 0.1) is 0 Å². The second-order valence-electron chi connectivity index (χ2n) is 2.23. The van der Waals surface area contributed by atoms with Crippen LogP contribution in [0.25, 0.3) is 0 Å². The first-order valence-corrected chi connectivity index (χ1v) is 10.4. The summed E-state index contributed by atoms with van der Waals surface area (Å²) in [7, 11) is -3.76. The third-order valence-electron chi connectivity index (χ3n) is 1.28. The van der Waals surface area contributed by atoms with E-state index in [-0.39, 0.29) is 0 Å². The van der Waals surface area contributed by atoms with Crippen LogP contribution < -0.4 is 0 Å². The smallest absolute Gasteiger partial charge is 0.400 e. The van der Waals surface area contributed by atoms with Crippen LogP contribution in [0.2, 0.25) is 13.1 Å². The number of hydrogen-bond donors (Lipinski definition) is 0. The van der Waals surface area contributed by atoms with Crippen LogP contribution in [0, 0.1) is 0 Å². The zero-order chi connectivity index (χ0) is 10.2. The molecule has 0 amide bonds. The molecule has 0 aliphatic rings. The van der Waals surface area contributed by atoms with Crippen molar-refractivity contribution in [3.63, 3.8) is 0 Å². The molecular formula is C6H20O4Si3. The van der Waals surface area contributed by atoms with Crippen LogP contribution in [0.5, 0.6) is 0 Å². The Morgan fingerprint density at radius 1 is 0.923 bits per heavy atom. The molecule has 0 aromatic heterocycles. The lowest BCUT2D eigenvalue weighted by molar-refractivity contribution is 0.0525. The van der Waals surface area contributed by atoms with Gasteiger partial charge in [-0.25, -0.2) is 0 Å². The summed E-state index contributed by atoms with van der Waals surface area (Å²) in [5.74, 6) is 0. The van der Waals surface area contributed by atoms with Crippen molar-refractivity contribution in [1.29, 1.82) is 0 Å². The van der Waals surface area contributed by atoms with Crippen LogP contribution in [0.4, 0.5) is 0 Å². The molecule has 0 radical (unpaired) electrons. The van der Waals surface area contributed by atoms with E-state index in [1.54, 1.807) is 0 Å². The summed E-state index contributed by atoms with van der Waals surface area (Å²) in [6.07, 6.45) is 0. The summed E-state index contributed by atoms with van der Waals surface area (Å²) in [5, 5.41) is 0. The Bertz CT molecular complexity index is 94.9. The molecule has 7 heteroatoms. The molecule has 0 aromatic rings. The van der Waals surface area contributed by atoms with E-state index in [2.05, 4.69) is 13.1 Å². The highest BCUT2D eigenvalue weighted by Crippen LogP contribution is 2.10. The predicted molar refractivity (Wildman–Crippen MR) is 60.0 cm³/mol. The van der Waals surface area contributed by atoms with Crippen molar-refractivity contribution in [2.45, 2.75) is 26.9 Å². The first-order chi connectivity index (χ1) is 6.24. The monoisotopic (exact) mass is 240 g/mol. The predicted octanol–water partition coefficient (Wildman–Crippen LogP) is -0.208.